The Kier molecular flexibility index (Phi) is 4.50. The maximum absolute atomic E-state index is 13.1. The van der Waals surface area contributed by atoms with Gasteiger partial charge in [-0.3, -0.25) is 4.72 Å². The molecule has 4 aromatic rings. The van der Waals surface area contributed by atoms with Gasteiger partial charge in [0.2, 0.25) is 0 Å². The molecular formula is C21H20N2O5S. The summed E-state index contributed by atoms with van der Waals surface area (Å²) in [4.78, 5) is 0.121. The number of phenols is 1. The Balaban J connectivity index is 1.83. The van der Waals surface area contributed by atoms with Crippen LogP contribution in [0.15, 0.2) is 59.5 Å². The van der Waals surface area contributed by atoms with E-state index in [0.29, 0.717) is 11.5 Å². The number of hydrogen-bond acceptors (Lipinski definition) is 5. The lowest BCUT2D eigenvalue weighted by atomic mass is 10.1. The molecule has 0 saturated carbocycles. The fourth-order valence-electron chi connectivity index (χ4n) is 3.44. The highest BCUT2D eigenvalue weighted by atomic mass is 32.2. The molecule has 0 spiro atoms. The highest BCUT2D eigenvalue weighted by Gasteiger charge is 2.19. The summed E-state index contributed by atoms with van der Waals surface area (Å²) in [6.45, 7) is 0. The molecule has 2 N–H and O–H groups in total. The van der Waals surface area contributed by atoms with Crippen LogP contribution in [0, 0.1) is 0 Å². The molecule has 150 valence electrons. The van der Waals surface area contributed by atoms with Crippen molar-refractivity contribution >= 4 is 37.5 Å². The summed E-state index contributed by atoms with van der Waals surface area (Å²) in [6, 6.07) is 14.8. The molecule has 1 aromatic heterocycles. The first-order valence-corrected chi connectivity index (χ1v) is 10.3. The van der Waals surface area contributed by atoms with E-state index in [0.717, 1.165) is 21.8 Å². The zero-order valence-corrected chi connectivity index (χ0v) is 16.9. The van der Waals surface area contributed by atoms with Gasteiger partial charge in [-0.05, 0) is 42.5 Å². The molecule has 3 aromatic carbocycles. The van der Waals surface area contributed by atoms with Crippen LogP contribution < -0.4 is 14.2 Å². The summed E-state index contributed by atoms with van der Waals surface area (Å²) in [5.41, 5.74) is 1.97. The number of fused-ring (bicyclic) bond motifs is 3. The van der Waals surface area contributed by atoms with Crippen molar-refractivity contribution in [3.05, 3.63) is 54.6 Å². The second kappa shape index (κ2) is 6.89. The number of rotatable bonds is 5. The van der Waals surface area contributed by atoms with Crippen LogP contribution in [0.5, 0.6) is 17.2 Å². The van der Waals surface area contributed by atoms with E-state index in [1.54, 1.807) is 54.6 Å². The van der Waals surface area contributed by atoms with Gasteiger partial charge in [-0.15, -0.1) is 0 Å². The zero-order chi connectivity index (χ0) is 20.8. The van der Waals surface area contributed by atoms with Crippen LogP contribution in [0.4, 0.5) is 5.69 Å². The Hall–Kier alpha value is -3.39. The molecule has 0 unspecified atom stereocenters. The molecule has 4 rings (SSSR count). The molecule has 8 heteroatoms. The third-order valence-corrected chi connectivity index (χ3v) is 6.29. The van der Waals surface area contributed by atoms with Gasteiger partial charge in [-0.25, -0.2) is 8.42 Å². The number of nitrogens with one attached hydrogen (secondary N) is 1. The van der Waals surface area contributed by atoms with Crippen molar-refractivity contribution in [3.63, 3.8) is 0 Å². The van der Waals surface area contributed by atoms with Gasteiger partial charge in [0, 0.05) is 35.5 Å². The van der Waals surface area contributed by atoms with Crippen molar-refractivity contribution in [1.29, 1.82) is 0 Å². The van der Waals surface area contributed by atoms with Crippen molar-refractivity contribution < 1.29 is 23.0 Å². The second-order valence-electron chi connectivity index (χ2n) is 6.61. The minimum Gasteiger partial charge on any atom is -0.508 e. The second-order valence-corrected chi connectivity index (χ2v) is 8.29. The zero-order valence-electron chi connectivity index (χ0n) is 16.1. The van der Waals surface area contributed by atoms with E-state index < -0.39 is 10.0 Å². The van der Waals surface area contributed by atoms with Gasteiger partial charge in [-0.1, -0.05) is 0 Å². The number of sulfonamides is 1. The molecule has 0 aliphatic rings. The van der Waals surface area contributed by atoms with Gasteiger partial charge in [-0.2, -0.15) is 0 Å². The number of aryl methyl sites for hydroxylation is 1. The SMILES string of the molecule is COc1ccc(OC)c(NS(=O)(=O)c2ccc3c(c2)c2ccc(O)cc2n3C)c1. The first kappa shape index (κ1) is 18.9. The van der Waals surface area contributed by atoms with Gasteiger partial charge in [0.1, 0.15) is 17.2 Å². The van der Waals surface area contributed by atoms with Gasteiger partial charge >= 0.3 is 0 Å². The van der Waals surface area contributed by atoms with Crippen LogP contribution in [0.3, 0.4) is 0 Å². The van der Waals surface area contributed by atoms with E-state index in [1.807, 2.05) is 11.6 Å². The fraction of sp³-hybridized carbons (Fsp3) is 0.143. The predicted molar refractivity (Wildman–Crippen MR) is 112 cm³/mol. The van der Waals surface area contributed by atoms with Crippen LogP contribution in [0.1, 0.15) is 0 Å². The molecule has 0 atom stereocenters. The third-order valence-electron chi connectivity index (χ3n) is 4.92. The smallest absolute Gasteiger partial charge is 0.262 e. The molecule has 0 radical (unpaired) electrons. The number of hydrogen-bond donors (Lipinski definition) is 2. The molecule has 0 saturated heterocycles. The minimum atomic E-state index is -3.87. The van der Waals surface area contributed by atoms with E-state index >= 15 is 0 Å². The van der Waals surface area contributed by atoms with Crippen LogP contribution >= 0.6 is 0 Å². The molecule has 29 heavy (non-hydrogen) atoms. The van der Waals surface area contributed by atoms with Gasteiger partial charge in [0.25, 0.3) is 10.0 Å². The maximum Gasteiger partial charge on any atom is 0.262 e. The minimum absolute atomic E-state index is 0.121. The summed E-state index contributed by atoms with van der Waals surface area (Å²) in [5.74, 6) is 1.05. The average molecular weight is 412 g/mol. The normalized spacial score (nSPS) is 11.7. The molecule has 0 aliphatic carbocycles. The van der Waals surface area contributed by atoms with Crippen LogP contribution in [0.25, 0.3) is 21.8 Å². The van der Waals surface area contributed by atoms with Crippen molar-refractivity contribution in [3.8, 4) is 17.2 Å². The van der Waals surface area contributed by atoms with Crippen molar-refractivity contribution in [1.82, 2.24) is 4.57 Å². The Morgan fingerprint density at radius 3 is 2.41 bits per heavy atom. The van der Waals surface area contributed by atoms with Crippen molar-refractivity contribution in [2.45, 2.75) is 4.90 Å². The number of phenolic OH excluding ortho intramolecular Hbond substituents is 1. The lowest BCUT2D eigenvalue weighted by Crippen LogP contribution is -2.13. The lowest BCUT2D eigenvalue weighted by molar-refractivity contribution is 0.405. The number of ether oxygens (including phenoxy) is 2. The average Bonchev–Trinajstić information content (AvgIpc) is 2.99. The molecule has 0 amide bonds. The summed E-state index contributed by atoms with van der Waals surface area (Å²) in [7, 11) is 0.974. The van der Waals surface area contributed by atoms with Crippen LogP contribution in [-0.4, -0.2) is 32.3 Å². The van der Waals surface area contributed by atoms with E-state index in [-0.39, 0.29) is 16.3 Å². The summed E-state index contributed by atoms with van der Waals surface area (Å²) < 4.78 is 41.0. The third kappa shape index (κ3) is 3.21. The number of methoxy groups -OCH3 is 2. The van der Waals surface area contributed by atoms with E-state index in [9.17, 15) is 13.5 Å². The first-order chi connectivity index (χ1) is 13.8. The topological polar surface area (TPSA) is 89.8 Å². The van der Waals surface area contributed by atoms with Gasteiger partial charge in [0.15, 0.2) is 0 Å². The molecule has 1 heterocycles. The van der Waals surface area contributed by atoms with Crippen LogP contribution in [-0.2, 0) is 17.1 Å². The van der Waals surface area contributed by atoms with Gasteiger partial charge in [0.05, 0.1) is 30.3 Å². The molecule has 7 nitrogen and oxygen atoms in total. The Bertz CT molecular complexity index is 1340. The number of aromatic nitrogens is 1. The lowest BCUT2D eigenvalue weighted by Gasteiger charge is -2.13. The fourth-order valence-corrected chi connectivity index (χ4v) is 4.53. The number of nitrogens with zero attached hydrogens (tertiary/aromatic N) is 1. The van der Waals surface area contributed by atoms with Crippen molar-refractivity contribution in [2.75, 3.05) is 18.9 Å². The highest BCUT2D eigenvalue weighted by Crippen LogP contribution is 2.34. The van der Waals surface area contributed by atoms with Crippen LogP contribution in [0.2, 0.25) is 0 Å². The number of aromatic hydroxyl groups is 1. The van der Waals surface area contributed by atoms with Gasteiger partial charge < -0.3 is 19.1 Å². The molecular weight excluding hydrogens is 392 g/mol. The predicted octanol–water partition coefficient (Wildman–Crippen LogP) is 3.86. The summed E-state index contributed by atoms with van der Waals surface area (Å²) in [6.07, 6.45) is 0. The number of anilines is 1. The standard InChI is InChI=1S/C21H20N2O5S/c1-23-19-8-6-15(12-17(19)16-7-4-13(24)10-20(16)23)29(25,26)22-18-11-14(27-2)5-9-21(18)28-3/h4-12,22,24H,1-3H3. The Morgan fingerprint density at radius 2 is 1.69 bits per heavy atom. The van der Waals surface area contributed by atoms with E-state index in [4.69, 9.17) is 9.47 Å². The molecule has 0 aliphatic heterocycles. The summed E-state index contributed by atoms with van der Waals surface area (Å²) >= 11 is 0. The first-order valence-electron chi connectivity index (χ1n) is 8.80. The van der Waals surface area contributed by atoms with Crippen molar-refractivity contribution in [2.24, 2.45) is 7.05 Å². The summed E-state index contributed by atoms with van der Waals surface area (Å²) in [5, 5.41) is 11.4. The highest BCUT2D eigenvalue weighted by molar-refractivity contribution is 7.92. The molecule has 0 bridgehead atoms. The Morgan fingerprint density at radius 1 is 0.897 bits per heavy atom. The van der Waals surface area contributed by atoms with E-state index in [2.05, 4.69) is 4.72 Å². The quantitative estimate of drug-likeness (QED) is 0.520. The molecule has 0 fully saturated rings. The monoisotopic (exact) mass is 412 g/mol. The number of benzene rings is 3. The largest absolute Gasteiger partial charge is 0.508 e. The Labute approximate surface area is 168 Å². The maximum atomic E-state index is 13.1. The van der Waals surface area contributed by atoms with E-state index in [1.165, 1.54) is 14.2 Å².